The SMILES string of the molecule is Cc1ccc(C(=O)C2CCOC3(CCCC3)C2)c(F)c1. The maximum absolute atomic E-state index is 14.0. The molecule has 0 N–H and O–H groups in total. The fraction of sp³-hybridized carbons (Fsp3) is 0.588. The predicted molar refractivity (Wildman–Crippen MR) is 75.3 cm³/mol. The molecule has 1 saturated heterocycles. The molecule has 1 unspecified atom stereocenters. The maximum atomic E-state index is 14.0. The highest BCUT2D eigenvalue weighted by molar-refractivity contribution is 5.98. The quantitative estimate of drug-likeness (QED) is 0.761. The van der Waals surface area contributed by atoms with Crippen LogP contribution >= 0.6 is 0 Å². The summed E-state index contributed by atoms with van der Waals surface area (Å²) in [5, 5.41) is 0. The highest BCUT2D eigenvalue weighted by atomic mass is 19.1. The lowest BCUT2D eigenvalue weighted by Gasteiger charge is -2.37. The molecule has 1 aliphatic carbocycles. The van der Waals surface area contributed by atoms with Gasteiger partial charge in [0, 0.05) is 12.5 Å². The number of aryl methyl sites for hydroxylation is 1. The number of halogens is 1. The molecule has 1 saturated carbocycles. The lowest BCUT2D eigenvalue weighted by molar-refractivity contribution is -0.0866. The average molecular weight is 276 g/mol. The largest absolute Gasteiger partial charge is 0.375 e. The Balaban J connectivity index is 1.79. The van der Waals surface area contributed by atoms with E-state index in [4.69, 9.17) is 4.74 Å². The molecule has 3 heteroatoms. The number of hydrogen-bond donors (Lipinski definition) is 0. The van der Waals surface area contributed by atoms with Crippen LogP contribution in [0.1, 0.15) is 54.4 Å². The second-order valence-corrected chi connectivity index (χ2v) is 6.28. The second-order valence-electron chi connectivity index (χ2n) is 6.28. The molecular formula is C17H21FO2. The molecule has 0 radical (unpaired) electrons. The van der Waals surface area contributed by atoms with Crippen molar-refractivity contribution in [3.63, 3.8) is 0 Å². The fourth-order valence-electron chi connectivity index (χ4n) is 3.66. The number of carbonyl (C=O) groups excluding carboxylic acids is 1. The van der Waals surface area contributed by atoms with E-state index in [0.29, 0.717) is 13.0 Å². The van der Waals surface area contributed by atoms with Crippen LogP contribution in [0.15, 0.2) is 18.2 Å². The van der Waals surface area contributed by atoms with E-state index >= 15 is 0 Å². The van der Waals surface area contributed by atoms with Gasteiger partial charge in [0.1, 0.15) is 5.82 Å². The average Bonchev–Trinajstić information content (AvgIpc) is 2.86. The summed E-state index contributed by atoms with van der Waals surface area (Å²) in [5.74, 6) is -0.516. The number of hydrogen-bond acceptors (Lipinski definition) is 2. The van der Waals surface area contributed by atoms with Gasteiger partial charge in [0.25, 0.3) is 0 Å². The van der Waals surface area contributed by atoms with Crippen molar-refractivity contribution in [2.24, 2.45) is 5.92 Å². The van der Waals surface area contributed by atoms with Crippen molar-refractivity contribution < 1.29 is 13.9 Å². The molecule has 1 aliphatic heterocycles. The molecule has 1 atom stereocenters. The van der Waals surface area contributed by atoms with Crippen molar-refractivity contribution in [3.8, 4) is 0 Å². The highest BCUT2D eigenvalue weighted by Crippen LogP contribution is 2.42. The van der Waals surface area contributed by atoms with Crippen molar-refractivity contribution in [1.82, 2.24) is 0 Å². The molecule has 0 bridgehead atoms. The molecule has 1 aromatic carbocycles. The summed E-state index contributed by atoms with van der Waals surface area (Å²) < 4.78 is 19.9. The van der Waals surface area contributed by atoms with Crippen molar-refractivity contribution >= 4 is 5.78 Å². The van der Waals surface area contributed by atoms with Gasteiger partial charge in [0.2, 0.25) is 0 Å². The third kappa shape index (κ3) is 2.51. The molecule has 20 heavy (non-hydrogen) atoms. The molecule has 2 aliphatic rings. The van der Waals surface area contributed by atoms with E-state index in [-0.39, 0.29) is 28.7 Å². The van der Waals surface area contributed by atoms with Crippen molar-refractivity contribution in [1.29, 1.82) is 0 Å². The molecule has 1 spiro atoms. The third-order valence-corrected chi connectivity index (χ3v) is 4.77. The Morgan fingerprint density at radius 3 is 2.80 bits per heavy atom. The van der Waals surface area contributed by atoms with Crippen LogP contribution in [0, 0.1) is 18.7 Å². The van der Waals surface area contributed by atoms with E-state index in [1.54, 1.807) is 12.1 Å². The Kier molecular flexibility index (Phi) is 3.63. The Hall–Kier alpha value is -1.22. The summed E-state index contributed by atoms with van der Waals surface area (Å²) in [6.07, 6.45) is 5.94. The fourth-order valence-corrected chi connectivity index (χ4v) is 3.66. The molecular weight excluding hydrogens is 255 g/mol. The first kappa shape index (κ1) is 13.7. The van der Waals surface area contributed by atoms with Crippen LogP contribution in [0.3, 0.4) is 0 Å². The molecule has 108 valence electrons. The van der Waals surface area contributed by atoms with Crippen LogP contribution in [0.25, 0.3) is 0 Å². The molecule has 0 aromatic heterocycles. The highest BCUT2D eigenvalue weighted by Gasteiger charge is 2.42. The first-order valence-corrected chi connectivity index (χ1v) is 7.54. The maximum Gasteiger partial charge on any atom is 0.169 e. The smallest absolute Gasteiger partial charge is 0.169 e. The van der Waals surface area contributed by atoms with Crippen LogP contribution in [0.4, 0.5) is 4.39 Å². The van der Waals surface area contributed by atoms with Crippen LogP contribution in [-0.2, 0) is 4.74 Å². The third-order valence-electron chi connectivity index (χ3n) is 4.77. The number of ketones is 1. The van der Waals surface area contributed by atoms with Crippen molar-refractivity contribution in [2.75, 3.05) is 6.61 Å². The minimum absolute atomic E-state index is 0.0444. The first-order chi connectivity index (χ1) is 9.60. The van der Waals surface area contributed by atoms with Gasteiger partial charge in [-0.1, -0.05) is 18.9 Å². The van der Waals surface area contributed by atoms with Crippen LogP contribution in [0.2, 0.25) is 0 Å². The summed E-state index contributed by atoms with van der Waals surface area (Å²) in [4.78, 5) is 12.6. The number of rotatable bonds is 2. The Bertz CT molecular complexity index is 518. The molecule has 2 nitrogen and oxygen atoms in total. The second kappa shape index (κ2) is 5.28. The van der Waals surface area contributed by atoms with Crippen molar-refractivity contribution in [2.45, 2.75) is 51.0 Å². The summed E-state index contributed by atoms with van der Waals surface area (Å²) in [5.41, 5.74) is 0.994. The van der Waals surface area contributed by atoms with Gasteiger partial charge in [-0.3, -0.25) is 4.79 Å². The Morgan fingerprint density at radius 1 is 1.35 bits per heavy atom. The zero-order valence-electron chi connectivity index (χ0n) is 12.0. The Labute approximate surface area is 119 Å². The number of carbonyl (C=O) groups is 1. The van der Waals surface area contributed by atoms with E-state index < -0.39 is 0 Å². The van der Waals surface area contributed by atoms with Gasteiger partial charge in [-0.15, -0.1) is 0 Å². The van der Waals surface area contributed by atoms with E-state index in [1.165, 1.54) is 18.9 Å². The molecule has 2 fully saturated rings. The predicted octanol–water partition coefficient (Wildman–Crippen LogP) is 4.06. The summed E-state index contributed by atoms with van der Waals surface area (Å²) in [6, 6.07) is 4.88. The number of benzene rings is 1. The van der Waals surface area contributed by atoms with E-state index in [2.05, 4.69) is 0 Å². The number of ether oxygens (including phenoxy) is 1. The van der Waals surface area contributed by atoms with E-state index in [9.17, 15) is 9.18 Å². The van der Waals surface area contributed by atoms with Gasteiger partial charge in [0.15, 0.2) is 5.78 Å². The molecule has 1 aromatic rings. The molecule has 1 heterocycles. The van der Waals surface area contributed by atoms with E-state index in [1.807, 2.05) is 6.92 Å². The van der Waals surface area contributed by atoms with Gasteiger partial charge in [0.05, 0.1) is 11.2 Å². The topological polar surface area (TPSA) is 26.3 Å². The standard InChI is InChI=1S/C17H21FO2/c1-12-4-5-14(15(18)10-12)16(19)13-6-9-20-17(11-13)7-2-3-8-17/h4-5,10,13H,2-3,6-9,11H2,1H3. The summed E-state index contributed by atoms with van der Waals surface area (Å²) in [7, 11) is 0. The minimum Gasteiger partial charge on any atom is -0.375 e. The molecule has 0 amide bonds. The van der Waals surface area contributed by atoms with Crippen molar-refractivity contribution in [3.05, 3.63) is 35.1 Å². The molecule has 3 rings (SSSR count). The zero-order valence-corrected chi connectivity index (χ0v) is 12.0. The minimum atomic E-state index is -0.387. The van der Waals surface area contributed by atoms with Crippen LogP contribution in [-0.4, -0.2) is 18.0 Å². The van der Waals surface area contributed by atoms with Gasteiger partial charge in [-0.25, -0.2) is 4.39 Å². The van der Waals surface area contributed by atoms with Crippen LogP contribution < -0.4 is 0 Å². The lowest BCUT2D eigenvalue weighted by Crippen LogP contribution is -2.40. The normalized spacial score (nSPS) is 25.0. The zero-order chi connectivity index (χ0) is 14.2. The summed E-state index contributed by atoms with van der Waals surface area (Å²) >= 11 is 0. The summed E-state index contributed by atoms with van der Waals surface area (Å²) in [6.45, 7) is 2.46. The van der Waals surface area contributed by atoms with Gasteiger partial charge >= 0.3 is 0 Å². The van der Waals surface area contributed by atoms with Gasteiger partial charge in [-0.2, -0.15) is 0 Å². The monoisotopic (exact) mass is 276 g/mol. The van der Waals surface area contributed by atoms with Gasteiger partial charge < -0.3 is 4.74 Å². The van der Waals surface area contributed by atoms with Gasteiger partial charge in [-0.05, 0) is 50.3 Å². The number of Topliss-reactive ketones (excluding diaryl/α,β-unsaturated/α-hetero) is 1. The Morgan fingerprint density at radius 2 is 2.10 bits per heavy atom. The first-order valence-electron chi connectivity index (χ1n) is 7.54. The van der Waals surface area contributed by atoms with E-state index in [0.717, 1.165) is 24.8 Å². The lowest BCUT2D eigenvalue weighted by atomic mass is 9.80. The van der Waals surface area contributed by atoms with Crippen LogP contribution in [0.5, 0.6) is 0 Å².